The molecule has 0 N–H and O–H groups in total. The summed E-state index contributed by atoms with van der Waals surface area (Å²) in [7, 11) is -2.46. The number of benzene rings is 2. The van der Waals surface area contributed by atoms with E-state index in [1.165, 1.54) is 12.1 Å². The van der Waals surface area contributed by atoms with Crippen LogP contribution < -0.4 is 19.1 Å². The van der Waals surface area contributed by atoms with Gasteiger partial charge in [-0.3, -0.25) is 0 Å². The van der Waals surface area contributed by atoms with Crippen molar-refractivity contribution in [2.24, 2.45) is 11.8 Å². The van der Waals surface area contributed by atoms with Crippen LogP contribution in [0.1, 0.15) is 20.3 Å². The zero-order chi connectivity index (χ0) is 23.9. The number of piperidine rings is 1. The van der Waals surface area contributed by atoms with Gasteiger partial charge in [-0.1, -0.05) is 26.0 Å². The van der Waals surface area contributed by atoms with Gasteiger partial charge in [0.1, 0.15) is 19.0 Å². The van der Waals surface area contributed by atoms with Crippen LogP contribution >= 0.6 is 0 Å². The highest BCUT2D eigenvalue weighted by atomic mass is 32.2. The van der Waals surface area contributed by atoms with Crippen LogP contribution in [0.5, 0.6) is 17.2 Å². The predicted molar refractivity (Wildman–Crippen MR) is 127 cm³/mol. The van der Waals surface area contributed by atoms with Crippen molar-refractivity contribution in [1.82, 2.24) is 4.98 Å². The standard InChI is InChI=1S/C25H28N2O6S/c1-16-12-17(2)15-27(14-16)25-24(26-23(33-25)19-6-4-5-7-20(19)30-3)34(28,29)18-8-9-21-22(13-18)32-11-10-31-21/h4-9,13,16-17H,10-12,14-15H2,1-3H3. The van der Waals surface area contributed by atoms with Crippen LogP contribution in [0.25, 0.3) is 11.5 Å². The number of fused-ring (bicyclic) bond motifs is 1. The van der Waals surface area contributed by atoms with E-state index < -0.39 is 9.84 Å². The maximum atomic E-state index is 13.9. The molecule has 9 heteroatoms. The highest BCUT2D eigenvalue weighted by molar-refractivity contribution is 7.91. The van der Waals surface area contributed by atoms with Gasteiger partial charge in [0.15, 0.2) is 11.5 Å². The zero-order valence-electron chi connectivity index (χ0n) is 19.5. The van der Waals surface area contributed by atoms with Gasteiger partial charge in [-0.25, -0.2) is 8.42 Å². The minimum atomic E-state index is -4.02. The number of sulfone groups is 1. The Kier molecular flexibility index (Phi) is 5.89. The van der Waals surface area contributed by atoms with Crippen molar-refractivity contribution < 1.29 is 27.0 Å². The van der Waals surface area contributed by atoms with Gasteiger partial charge in [0.25, 0.3) is 0 Å². The minimum absolute atomic E-state index is 0.0796. The number of ether oxygens (including phenoxy) is 3. The molecule has 180 valence electrons. The van der Waals surface area contributed by atoms with Gasteiger partial charge in [-0.15, -0.1) is 0 Å². The molecule has 1 aromatic heterocycles. The van der Waals surface area contributed by atoms with E-state index in [1.807, 2.05) is 17.0 Å². The SMILES string of the molecule is COc1ccccc1-c1nc(S(=O)(=O)c2ccc3c(c2)OCCO3)c(N2CC(C)CC(C)C2)o1. The quantitative estimate of drug-likeness (QED) is 0.525. The fourth-order valence-electron chi connectivity index (χ4n) is 4.74. The lowest BCUT2D eigenvalue weighted by atomic mass is 9.92. The lowest BCUT2D eigenvalue weighted by Crippen LogP contribution is -2.39. The van der Waals surface area contributed by atoms with Gasteiger partial charge < -0.3 is 23.5 Å². The number of anilines is 1. The molecule has 1 saturated heterocycles. The summed E-state index contributed by atoms with van der Waals surface area (Å²) in [5.74, 6) is 2.74. The second kappa shape index (κ2) is 8.87. The Balaban J connectivity index is 1.65. The van der Waals surface area contributed by atoms with Gasteiger partial charge >= 0.3 is 0 Å². The first-order valence-corrected chi connectivity index (χ1v) is 12.9. The fraction of sp³-hybridized carbons (Fsp3) is 0.400. The Hall–Kier alpha value is -3.20. The zero-order valence-corrected chi connectivity index (χ0v) is 20.3. The van der Waals surface area contributed by atoms with Gasteiger partial charge in [0.2, 0.25) is 26.6 Å². The Morgan fingerprint density at radius 2 is 1.71 bits per heavy atom. The van der Waals surface area contributed by atoms with Gasteiger partial charge in [0.05, 0.1) is 17.6 Å². The maximum Gasteiger partial charge on any atom is 0.236 e. The van der Waals surface area contributed by atoms with Crippen molar-refractivity contribution in [2.45, 2.75) is 30.2 Å². The lowest BCUT2D eigenvalue weighted by Gasteiger charge is -2.34. The smallest absolute Gasteiger partial charge is 0.236 e. The summed E-state index contributed by atoms with van der Waals surface area (Å²) in [4.78, 5) is 6.60. The van der Waals surface area contributed by atoms with Gasteiger partial charge in [0, 0.05) is 19.2 Å². The van der Waals surface area contributed by atoms with E-state index in [9.17, 15) is 8.42 Å². The number of aromatic nitrogens is 1. The fourth-order valence-corrected chi connectivity index (χ4v) is 6.08. The Morgan fingerprint density at radius 3 is 2.44 bits per heavy atom. The van der Waals surface area contributed by atoms with Crippen molar-refractivity contribution in [1.29, 1.82) is 0 Å². The monoisotopic (exact) mass is 484 g/mol. The summed E-state index contributed by atoms with van der Waals surface area (Å²) in [5.41, 5.74) is 0.591. The third kappa shape index (κ3) is 4.09. The molecule has 2 unspecified atom stereocenters. The summed E-state index contributed by atoms with van der Waals surface area (Å²) < 4.78 is 50.6. The van der Waals surface area contributed by atoms with Gasteiger partial charge in [-0.2, -0.15) is 4.98 Å². The first-order valence-electron chi connectivity index (χ1n) is 11.4. The van der Waals surface area contributed by atoms with Crippen molar-refractivity contribution in [3.8, 4) is 28.7 Å². The number of para-hydroxylation sites is 1. The van der Waals surface area contributed by atoms with Crippen LogP contribution in [0.3, 0.4) is 0 Å². The Bertz CT molecular complexity index is 1290. The molecule has 0 spiro atoms. The molecule has 0 saturated carbocycles. The molecule has 0 aliphatic carbocycles. The third-order valence-corrected chi connectivity index (χ3v) is 7.80. The summed E-state index contributed by atoms with van der Waals surface area (Å²) in [6.07, 6.45) is 1.08. The Labute approximate surface area is 199 Å². The van der Waals surface area contributed by atoms with E-state index in [2.05, 4.69) is 18.8 Å². The van der Waals surface area contributed by atoms with Crippen molar-refractivity contribution in [3.63, 3.8) is 0 Å². The van der Waals surface area contributed by atoms with E-state index in [0.717, 1.165) is 6.42 Å². The van der Waals surface area contributed by atoms with E-state index in [4.69, 9.17) is 18.6 Å². The third-order valence-electron chi connectivity index (χ3n) is 6.15. The number of methoxy groups -OCH3 is 1. The molecule has 34 heavy (non-hydrogen) atoms. The summed E-state index contributed by atoms with van der Waals surface area (Å²) in [6, 6.07) is 11.9. The van der Waals surface area contributed by atoms with Gasteiger partial charge in [-0.05, 0) is 42.5 Å². The molecular formula is C25H28N2O6S. The molecule has 5 rings (SSSR count). The van der Waals surface area contributed by atoms with Crippen molar-refractivity contribution in [3.05, 3.63) is 42.5 Å². The topological polar surface area (TPSA) is 91.1 Å². The molecule has 3 aromatic rings. The molecule has 0 bridgehead atoms. The average Bonchev–Trinajstić information content (AvgIpc) is 3.29. The molecule has 3 heterocycles. The number of oxazole rings is 1. The molecular weight excluding hydrogens is 456 g/mol. The van der Waals surface area contributed by atoms with Crippen LogP contribution in [0.2, 0.25) is 0 Å². The van der Waals surface area contributed by atoms with Crippen molar-refractivity contribution in [2.75, 3.05) is 38.3 Å². The Morgan fingerprint density at radius 1 is 1.00 bits per heavy atom. The van der Waals surface area contributed by atoms with E-state index in [-0.39, 0.29) is 21.7 Å². The normalized spacial score (nSPS) is 20.3. The van der Waals surface area contributed by atoms with Crippen LogP contribution in [0, 0.1) is 11.8 Å². The molecule has 2 aliphatic rings. The molecule has 1 fully saturated rings. The van der Waals surface area contributed by atoms with Crippen LogP contribution in [0.15, 0.2) is 56.8 Å². The molecule has 0 amide bonds. The first-order chi connectivity index (χ1) is 16.4. The van der Waals surface area contributed by atoms with Crippen molar-refractivity contribution >= 4 is 15.7 Å². The number of nitrogens with zero attached hydrogens (tertiary/aromatic N) is 2. The van der Waals surface area contributed by atoms with Crippen LogP contribution in [0.4, 0.5) is 5.88 Å². The van der Waals surface area contributed by atoms with E-state index >= 15 is 0 Å². The predicted octanol–water partition coefficient (Wildman–Crippen LogP) is 4.44. The van der Waals surface area contributed by atoms with E-state index in [1.54, 1.807) is 25.3 Å². The molecule has 0 radical (unpaired) electrons. The average molecular weight is 485 g/mol. The summed E-state index contributed by atoms with van der Waals surface area (Å²) in [5, 5.41) is -0.105. The highest BCUT2D eigenvalue weighted by Crippen LogP contribution is 2.41. The summed E-state index contributed by atoms with van der Waals surface area (Å²) in [6.45, 7) is 6.50. The van der Waals surface area contributed by atoms with E-state index in [0.29, 0.717) is 61.0 Å². The van der Waals surface area contributed by atoms with Crippen LogP contribution in [-0.2, 0) is 9.84 Å². The summed E-state index contributed by atoms with van der Waals surface area (Å²) >= 11 is 0. The van der Waals surface area contributed by atoms with Crippen LogP contribution in [-0.4, -0.2) is 46.8 Å². The minimum Gasteiger partial charge on any atom is -0.496 e. The highest BCUT2D eigenvalue weighted by Gasteiger charge is 2.35. The molecule has 8 nitrogen and oxygen atoms in total. The number of hydrogen-bond donors (Lipinski definition) is 0. The lowest BCUT2D eigenvalue weighted by molar-refractivity contribution is 0.171. The second-order valence-corrected chi connectivity index (χ2v) is 10.9. The number of rotatable bonds is 5. The maximum absolute atomic E-state index is 13.9. The first kappa shape index (κ1) is 22.6. The molecule has 2 atom stereocenters. The largest absolute Gasteiger partial charge is 0.496 e. The second-order valence-electron chi connectivity index (χ2n) is 8.99. The molecule has 2 aliphatic heterocycles. The number of hydrogen-bond acceptors (Lipinski definition) is 8. The molecule has 2 aromatic carbocycles.